The molecule has 0 amide bonds. The normalized spacial score (nSPS) is 12.0. The maximum absolute atomic E-state index is 7.14. The summed E-state index contributed by atoms with van der Waals surface area (Å²) in [6.07, 6.45) is 5.83. The zero-order valence-corrected chi connectivity index (χ0v) is 46.1. The van der Waals surface area contributed by atoms with Gasteiger partial charge in [-0.3, -0.25) is 13.7 Å². The van der Waals surface area contributed by atoms with E-state index in [0.717, 1.165) is 106 Å². The Labute approximate surface area is 480 Å². The molecule has 0 unspecified atom stereocenters. The lowest BCUT2D eigenvalue weighted by molar-refractivity contribution is -0.572. The zero-order valence-electron chi connectivity index (χ0n) is 46.1. The molecule has 0 fully saturated rings. The first-order valence-electron chi connectivity index (χ1n) is 28.4. The number of nitrogens with zero attached hydrogens (tertiary/aromatic N) is 6. The van der Waals surface area contributed by atoms with Crippen molar-refractivity contribution in [3.8, 4) is 62.3 Å². The predicted octanol–water partition coefficient (Wildman–Crippen LogP) is 18.8. The van der Waals surface area contributed by atoms with Gasteiger partial charge in [-0.15, -0.1) is 0 Å². The third-order valence-corrected chi connectivity index (χ3v) is 16.6. The number of aromatic nitrogens is 6. The van der Waals surface area contributed by atoms with Crippen LogP contribution < -0.4 is 9.30 Å². The van der Waals surface area contributed by atoms with Crippen LogP contribution in [0, 0.1) is 6.33 Å². The molecule has 0 saturated carbocycles. The van der Waals surface area contributed by atoms with Crippen LogP contribution >= 0.6 is 0 Å². The molecule has 7 heteroatoms. The second-order valence-corrected chi connectivity index (χ2v) is 22.5. The van der Waals surface area contributed by atoms with Crippen LogP contribution in [-0.4, -0.2) is 23.3 Å². The predicted molar refractivity (Wildman–Crippen MR) is 341 cm³/mol. The van der Waals surface area contributed by atoms with Gasteiger partial charge in [0.2, 0.25) is 0 Å². The topological polar surface area (TPSA) is 45.7 Å². The van der Waals surface area contributed by atoms with Crippen molar-refractivity contribution in [3.05, 3.63) is 285 Å². The number of fused-ring (bicyclic) bond motifs is 13. The van der Waals surface area contributed by atoms with Crippen molar-refractivity contribution in [3.63, 3.8) is 0 Å². The lowest BCUT2D eigenvalue weighted by Gasteiger charge is -2.20. The molecular formula is C76H54N6O. The number of ether oxygens (including phenoxy) is 1. The van der Waals surface area contributed by atoms with Crippen molar-refractivity contribution < 1.29 is 9.30 Å². The minimum atomic E-state index is -0.141. The summed E-state index contributed by atoms with van der Waals surface area (Å²) in [6, 6.07) is 95.2. The SMILES string of the molecule is CC(C)(C)c1ccnc(-n2c3cc(Oc4cccc(-[n+]5[c-]n(-c6c(-c7ccccc7)cccc6-c6ccccc6)c6ccccc65)c4)ccc3c3c4c5ccccc5n(-c5ccccc5)c4c4c5ccccc5n(-c5ccccc5)c4c32)c1. The lowest BCUT2D eigenvalue weighted by Crippen LogP contribution is -2.29. The van der Waals surface area contributed by atoms with Crippen LogP contribution in [0.4, 0.5) is 0 Å². The maximum Gasteiger partial charge on any atom is 0.269 e. The minimum absolute atomic E-state index is 0.141. The summed E-state index contributed by atoms with van der Waals surface area (Å²) in [6.45, 7) is 6.81. The van der Waals surface area contributed by atoms with Crippen LogP contribution in [0.5, 0.6) is 11.5 Å². The van der Waals surface area contributed by atoms with E-state index in [0.29, 0.717) is 11.5 Å². The Hall–Kier alpha value is -10.8. The second-order valence-electron chi connectivity index (χ2n) is 22.5. The van der Waals surface area contributed by atoms with Crippen molar-refractivity contribution in [1.29, 1.82) is 0 Å². The third kappa shape index (κ3) is 7.65. The Kier molecular flexibility index (Phi) is 11.0. The summed E-state index contributed by atoms with van der Waals surface area (Å²) in [7, 11) is 0. The van der Waals surface area contributed by atoms with E-state index in [9.17, 15) is 0 Å². The molecule has 0 atom stereocenters. The van der Waals surface area contributed by atoms with Crippen LogP contribution in [0.15, 0.2) is 273 Å². The average Bonchev–Trinajstić information content (AvgIpc) is 2.07. The van der Waals surface area contributed by atoms with E-state index < -0.39 is 0 Å². The summed E-state index contributed by atoms with van der Waals surface area (Å²) in [5, 5.41) is 6.96. The van der Waals surface area contributed by atoms with Gasteiger partial charge in [0.1, 0.15) is 17.3 Å². The molecule has 0 radical (unpaired) electrons. The van der Waals surface area contributed by atoms with Crippen LogP contribution in [0.25, 0.3) is 127 Å². The van der Waals surface area contributed by atoms with Crippen LogP contribution in [0.3, 0.4) is 0 Å². The Bertz CT molecular complexity index is 5140. The van der Waals surface area contributed by atoms with Gasteiger partial charge in [-0.2, -0.15) is 0 Å². The average molecular weight is 1070 g/mol. The molecule has 0 saturated heterocycles. The summed E-state index contributed by atoms with van der Waals surface area (Å²) in [5.74, 6) is 2.24. The molecule has 0 bridgehead atoms. The molecular weight excluding hydrogens is 1010 g/mol. The zero-order chi connectivity index (χ0) is 55.3. The number of hydrogen-bond acceptors (Lipinski definition) is 2. The third-order valence-electron chi connectivity index (χ3n) is 16.6. The number of benzene rings is 11. The Morgan fingerprint density at radius 1 is 0.410 bits per heavy atom. The summed E-state index contributed by atoms with van der Waals surface area (Å²) < 4.78 is 18.9. The van der Waals surface area contributed by atoms with Gasteiger partial charge in [-0.1, -0.05) is 203 Å². The van der Waals surface area contributed by atoms with Gasteiger partial charge in [0, 0.05) is 56.0 Å². The number of hydrogen-bond donors (Lipinski definition) is 0. The molecule has 0 spiro atoms. The van der Waals surface area contributed by atoms with Crippen LogP contribution in [-0.2, 0) is 5.41 Å². The minimum Gasteiger partial charge on any atom is -0.458 e. The maximum atomic E-state index is 7.14. The van der Waals surface area contributed by atoms with E-state index in [4.69, 9.17) is 9.72 Å². The van der Waals surface area contributed by atoms with Crippen molar-refractivity contribution in [2.24, 2.45) is 0 Å². The molecule has 0 N–H and O–H groups in total. The quantitative estimate of drug-likeness (QED) is 0.107. The number of rotatable bonds is 9. The fraction of sp³-hybridized carbons (Fsp3) is 0.0526. The Morgan fingerprint density at radius 2 is 0.928 bits per heavy atom. The monoisotopic (exact) mass is 1070 g/mol. The molecule has 5 aromatic heterocycles. The molecule has 0 aliphatic rings. The van der Waals surface area contributed by atoms with Crippen LogP contribution in [0.1, 0.15) is 26.3 Å². The van der Waals surface area contributed by atoms with Crippen molar-refractivity contribution in [2.75, 3.05) is 0 Å². The van der Waals surface area contributed by atoms with E-state index in [1.165, 1.54) is 27.1 Å². The molecule has 7 nitrogen and oxygen atoms in total. The first-order chi connectivity index (χ1) is 40.9. The largest absolute Gasteiger partial charge is 0.458 e. The van der Waals surface area contributed by atoms with E-state index >= 15 is 0 Å². The second kappa shape index (κ2) is 18.9. The first-order valence-corrected chi connectivity index (χ1v) is 28.4. The molecule has 16 rings (SSSR count). The number of pyridine rings is 1. The van der Waals surface area contributed by atoms with Gasteiger partial charge < -0.3 is 13.9 Å². The highest BCUT2D eigenvalue weighted by Crippen LogP contribution is 2.51. The van der Waals surface area contributed by atoms with Crippen molar-refractivity contribution in [2.45, 2.75) is 26.2 Å². The van der Waals surface area contributed by atoms with Crippen LogP contribution in [0.2, 0.25) is 0 Å². The van der Waals surface area contributed by atoms with Gasteiger partial charge >= 0.3 is 0 Å². The smallest absolute Gasteiger partial charge is 0.269 e. The molecule has 394 valence electrons. The first kappa shape index (κ1) is 48.2. The molecule has 0 aliphatic carbocycles. The molecule has 16 aromatic rings. The molecule has 0 aliphatic heterocycles. The lowest BCUT2D eigenvalue weighted by atomic mass is 9.88. The van der Waals surface area contributed by atoms with Crippen molar-refractivity contribution >= 4 is 76.5 Å². The van der Waals surface area contributed by atoms with E-state index in [1.807, 2.05) is 12.3 Å². The van der Waals surface area contributed by atoms with Gasteiger partial charge in [-0.05, 0) is 112 Å². The summed E-state index contributed by atoms with van der Waals surface area (Å²) >= 11 is 0. The Morgan fingerprint density at radius 3 is 1.58 bits per heavy atom. The van der Waals surface area contributed by atoms with E-state index in [1.54, 1.807) is 0 Å². The standard InChI is InChI=1S/C76H54N6O/c1-76(2,3)52-44-45-77-68(46-52)82-67-48-57(83-56-33-22-32-55(47-56)78-49-79(66-41-21-20-40-65(66)78)72-58(50-24-8-4-9-25-50)36-23-37-59(72)51-26-10-5-11-27-51)42-43-62(67)70-69-60-34-16-18-38-63(60)80(53-28-12-6-13-29-53)73(69)71-61-35-17-19-39-64(61)81(75(71)74(70)82)54-30-14-7-15-31-54/h4-48H,1-3H3. The molecule has 5 heterocycles. The summed E-state index contributed by atoms with van der Waals surface area (Å²) in [5.41, 5.74) is 18.3. The van der Waals surface area contributed by atoms with Gasteiger partial charge in [0.15, 0.2) is 0 Å². The fourth-order valence-corrected chi connectivity index (χ4v) is 12.9. The van der Waals surface area contributed by atoms with Gasteiger partial charge in [0.05, 0.1) is 55.5 Å². The van der Waals surface area contributed by atoms with Gasteiger partial charge in [0.25, 0.3) is 6.33 Å². The fourth-order valence-electron chi connectivity index (χ4n) is 12.9. The Balaban J connectivity index is 0.947. The van der Waals surface area contributed by atoms with Gasteiger partial charge in [-0.25, -0.2) is 4.98 Å². The number of para-hydroxylation sites is 7. The molecule has 11 aromatic carbocycles. The number of imidazole rings is 1. The highest BCUT2D eigenvalue weighted by atomic mass is 16.5. The van der Waals surface area contributed by atoms with E-state index in [-0.39, 0.29) is 5.41 Å². The molecule has 83 heavy (non-hydrogen) atoms. The summed E-state index contributed by atoms with van der Waals surface area (Å²) in [4.78, 5) is 5.31. The highest BCUT2D eigenvalue weighted by Gasteiger charge is 2.30. The van der Waals surface area contributed by atoms with Crippen molar-refractivity contribution in [1.82, 2.24) is 23.3 Å². The van der Waals surface area contributed by atoms with E-state index in [2.05, 4.69) is 311 Å². The highest BCUT2D eigenvalue weighted by molar-refractivity contribution is 6.40.